The molecule has 0 bridgehead atoms. The molecule has 4 aromatic rings. The Morgan fingerprint density at radius 2 is 1.73 bits per heavy atom. The molecule has 0 aliphatic rings. The summed E-state index contributed by atoms with van der Waals surface area (Å²) in [7, 11) is 0. The molecule has 10 heteroatoms. The highest BCUT2D eigenvalue weighted by Gasteiger charge is 2.35. The van der Waals surface area contributed by atoms with E-state index in [2.05, 4.69) is 27.2 Å². The van der Waals surface area contributed by atoms with Gasteiger partial charge < -0.3 is 18.3 Å². The summed E-state index contributed by atoms with van der Waals surface area (Å²) in [6, 6.07) is 15.2. The van der Waals surface area contributed by atoms with Crippen molar-refractivity contribution in [3.05, 3.63) is 87.1 Å². The van der Waals surface area contributed by atoms with Crippen LogP contribution in [0, 0.1) is 32.9 Å². The van der Waals surface area contributed by atoms with E-state index in [9.17, 15) is 9.59 Å². The van der Waals surface area contributed by atoms with Crippen molar-refractivity contribution in [3.63, 3.8) is 0 Å². The zero-order chi connectivity index (χ0) is 29.9. The normalized spacial score (nSPS) is 11.9. The number of carbonyl (C=O) groups is 1. The van der Waals surface area contributed by atoms with Crippen LogP contribution in [-0.4, -0.2) is 37.3 Å². The van der Waals surface area contributed by atoms with Gasteiger partial charge in [-0.25, -0.2) is 19.7 Å². The van der Waals surface area contributed by atoms with Gasteiger partial charge in [0.05, 0.1) is 12.2 Å². The first-order valence-corrected chi connectivity index (χ1v) is 13.3. The Kier molecular flexibility index (Phi) is 8.40. The predicted molar refractivity (Wildman–Crippen MR) is 151 cm³/mol. The number of H-pyrrole nitrogens is 1. The number of nitrogens with one attached hydrogen (secondary N) is 1. The molecular weight excluding hydrogens is 524 g/mol. The van der Waals surface area contributed by atoms with Crippen LogP contribution in [0.3, 0.4) is 0 Å². The van der Waals surface area contributed by atoms with E-state index in [-0.39, 0.29) is 12.4 Å². The van der Waals surface area contributed by atoms with Crippen molar-refractivity contribution in [2.75, 3.05) is 0 Å². The summed E-state index contributed by atoms with van der Waals surface area (Å²) >= 11 is 0. The summed E-state index contributed by atoms with van der Waals surface area (Å²) in [5, 5.41) is 6.30. The molecule has 41 heavy (non-hydrogen) atoms. The lowest BCUT2D eigenvalue weighted by atomic mass is 10.0. The fourth-order valence-corrected chi connectivity index (χ4v) is 4.33. The predicted octanol–water partition coefficient (Wildman–Crippen LogP) is 5.25. The minimum absolute atomic E-state index is 0.260. The molecule has 0 saturated heterocycles. The second-order valence-corrected chi connectivity index (χ2v) is 11.6. The monoisotopic (exact) mass is 560 g/mol. The molecule has 0 unspecified atom stereocenters. The van der Waals surface area contributed by atoms with Gasteiger partial charge in [0.15, 0.2) is 5.60 Å². The van der Waals surface area contributed by atoms with E-state index in [1.807, 2.05) is 59.7 Å². The van der Waals surface area contributed by atoms with Crippen molar-refractivity contribution < 1.29 is 23.1 Å². The van der Waals surface area contributed by atoms with Crippen LogP contribution in [0.4, 0.5) is 0 Å². The highest BCUT2D eigenvalue weighted by molar-refractivity contribution is 5.79. The number of aryl methyl sites for hydroxylation is 3. The maximum atomic E-state index is 12.8. The van der Waals surface area contributed by atoms with Crippen molar-refractivity contribution >= 4 is 5.97 Å². The molecule has 216 valence electrons. The zero-order valence-corrected chi connectivity index (χ0v) is 24.8. The Hall–Kier alpha value is -4.36. The molecule has 0 aliphatic heterocycles. The fraction of sp³-hybridized carbons (Fsp3) is 0.419. The van der Waals surface area contributed by atoms with Crippen LogP contribution < -0.4 is 10.5 Å². The maximum absolute atomic E-state index is 12.8. The molecule has 0 fully saturated rings. The van der Waals surface area contributed by atoms with Gasteiger partial charge in [-0.1, -0.05) is 24.3 Å². The topological polar surface area (TPSA) is 124 Å². The number of hydrogen-bond donors (Lipinski definition) is 1. The molecule has 4 rings (SSSR count). The summed E-state index contributed by atoms with van der Waals surface area (Å²) in [6.45, 7) is 15.8. The molecule has 0 atom stereocenters. The zero-order valence-electron chi connectivity index (χ0n) is 24.8. The lowest BCUT2D eigenvalue weighted by Crippen LogP contribution is -2.43. The molecule has 0 amide bonds. The van der Waals surface area contributed by atoms with Crippen molar-refractivity contribution in [3.8, 4) is 17.2 Å². The molecule has 2 heterocycles. The molecule has 2 aromatic heterocycles. The number of ether oxygens (including phenoxy) is 2. The van der Waals surface area contributed by atoms with E-state index >= 15 is 0 Å². The highest BCUT2D eigenvalue weighted by atomic mass is 16.6. The lowest BCUT2D eigenvalue weighted by Gasteiger charge is -2.30. The van der Waals surface area contributed by atoms with E-state index in [1.54, 1.807) is 26.0 Å². The molecule has 0 saturated carbocycles. The van der Waals surface area contributed by atoms with Gasteiger partial charge in [0, 0.05) is 24.7 Å². The van der Waals surface area contributed by atoms with Crippen molar-refractivity contribution in [2.45, 2.75) is 86.2 Å². The van der Waals surface area contributed by atoms with Crippen LogP contribution in [0.5, 0.6) is 5.75 Å². The first kappa shape index (κ1) is 29.6. The Bertz CT molecular complexity index is 1540. The fourth-order valence-electron chi connectivity index (χ4n) is 4.33. The third-order valence-corrected chi connectivity index (χ3v) is 6.19. The number of hydrogen-bond acceptors (Lipinski definition) is 9. The number of oxazole rings is 1. The second kappa shape index (κ2) is 11.6. The van der Waals surface area contributed by atoms with E-state index in [4.69, 9.17) is 23.3 Å². The average molecular weight is 561 g/mol. The van der Waals surface area contributed by atoms with Crippen LogP contribution in [0.25, 0.3) is 11.5 Å². The number of carbonyl (C=O) groups excluding carboxylic acids is 1. The number of nitrogens with zero attached hydrogens (tertiary/aromatic N) is 3. The number of aromatic nitrogens is 3. The van der Waals surface area contributed by atoms with Crippen molar-refractivity contribution in [1.82, 2.24) is 20.1 Å². The van der Waals surface area contributed by atoms with E-state index in [0.29, 0.717) is 30.5 Å². The number of rotatable bonds is 10. The Morgan fingerprint density at radius 1 is 1.02 bits per heavy atom. The number of esters is 1. The summed E-state index contributed by atoms with van der Waals surface area (Å²) in [4.78, 5) is 31.1. The Labute approximate surface area is 239 Å². The minimum atomic E-state index is -1.18. The molecule has 1 N–H and O–H groups in total. The highest BCUT2D eigenvalue weighted by Crippen LogP contribution is 2.31. The van der Waals surface area contributed by atoms with Gasteiger partial charge in [-0.15, -0.1) is 5.10 Å². The number of benzene rings is 1. The summed E-state index contributed by atoms with van der Waals surface area (Å²) in [5.41, 5.74) is 2.50. The van der Waals surface area contributed by atoms with Gasteiger partial charge >= 0.3 is 11.7 Å². The first-order valence-electron chi connectivity index (χ1n) is 13.3. The second-order valence-electron chi connectivity index (χ2n) is 11.6. The SMILES string of the molecule is Cc1cc(CN(Cc2n[nH]c(=O)o2)Cc2nc(-c3cc#ccc3)oc2C)cc(C)c1OC(C)(C)C(=O)OC(C)(C)C. The number of aromatic amines is 1. The van der Waals surface area contributed by atoms with Gasteiger partial charge in [0.1, 0.15) is 17.1 Å². The van der Waals surface area contributed by atoms with Gasteiger partial charge in [-0.3, -0.25) is 4.90 Å². The molecule has 0 aliphatic carbocycles. The largest absolute Gasteiger partial charge is 0.476 e. The average Bonchev–Trinajstić information content (AvgIpc) is 3.45. The third kappa shape index (κ3) is 7.64. The maximum Gasteiger partial charge on any atom is 0.434 e. The van der Waals surface area contributed by atoms with E-state index in [1.165, 1.54) is 0 Å². The van der Waals surface area contributed by atoms with Crippen LogP contribution in [0.15, 0.2) is 44.0 Å². The standard InChI is InChI=1S/C31H36N4O6/c1-19-14-22(15-20(2)26(19)40-31(7,8)28(36)41-30(4,5)6)16-35(18-25-33-34-29(37)39-25)17-24-21(3)38-27(32-24)23-12-10-9-11-13-23/h10,12-15H,16-18H2,1-8H3,(H,34,37). The molecule has 0 radical (unpaired) electrons. The van der Waals surface area contributed by atoms with Crippen molar-refractivity contribution in [1.29, 1.82) is 0 Å². The molecular formula is C31H36N4O6. The first-order chi connectivity index (χ1) is 19.2. The minimum Gasteiger partial charge on any atom is -0.476 e. The molecule has 10 nitrogen and oxygen atoms in total. The van der Waals surface area contributed by atoms with Gasteiger partial charge in [-0.05, 0) is 84.2 Å². The Morgan fingerprint density at radius 3 is 2.32 bits per heavy atom. The molecule has 0 spiro atoms. The quantitative estimate of drug-likeness (QED) is 0.259. The lowest BCUT2D eigenvalue weighted by molar-refractivity contribution is -0.171. The van der Waals surface area contributed by atoms with Crippen molar-refractivity contribution in [2.24, 2.45) is 0 Å². The Balaban J connectivity index is 1.57. The molecule has 2 aromatic carbocycles. The van der Waals surface area contributed by atoms with Crippen LogP contribution >= 0.6 is 0 Å². The van der Waals surface area contributed by atoms with Crippen LogP contribution in [-0.2, 0) is 29.2 Å². The van der Waals surface area contributed by atoms with E-state index < -0.39 is 22.9 Å². The summed E-state index contributed by atoms with van der Waals surface area (Å²) < 4.78 is 22.9. The van der Waals surface area contributed by atoms with Gasteiger partial charge in [0.25, 0.3) is 0 Å². The summed E-state index contributed by atoms with van der Waals surface area (Å²) in [5.74, 6) is 1.02. The smallest absolute Gasteiger partial charge is 0.434 e. The van der Waals surface area contributed by atoms with Crippen LogP contribution in [0.2, 0.25) is 0 Å². The van der Waals surface area contributed by atoms with E-state index in [0.717, 1.165) is 27.9 Å². The van der Waals surface area contributed by atoms with Crippen LogP contribution in [0.1, 0.15) is 68.7 Å². The van der Waals surface area contributed by atoms with Gasteiger partial charge in [-0.2, -0.15) is 0 Å². The van der Waals surface area contributed by atoms with Gasteiger partial charge in [0.2, 0.25) is 11.8 Å². The third-order valence-electron chi connectivity index (χ3n) is 6.19. The summed E-state index contributed by atoms with van der Waals surface area (Å²) in [6.07, 6.45) is 0.